The Bertz CT molecular complexity index is 720. The second-order valence-electron chi connectivity index (χ2n) is 7.19. The van der Waals surface area contributed by atoms with Gasteiger partial charge in [-0.25, -0.2) is 14.4 Å². The Morgan fingerprint density at radius 2 is 1.81 bits per heavy atom. The predicted molar refractivity (Wildman–Crippen MR) is 98.2 cm³/mol. The van der Waals surface area contributed by atoms with Crippen molar-refractivity contribution in [1.82, 2.24) is 4.90 Å². The molecule has 1 aliphatic rings. The highest BCUT2D eigenvalue weighted by Crippen LogP contribution is 2.21. The van der Waals surface area contributed by atoms with Crippen LogP contribution in [0.2, 0.25) is 0 Å². The van der Waals surface area contributed by atoms with Gasteiger partial charge in [0.1, 0.15) is 18.2 Å². The van der Waals surface area contributed by atoms with E-state index in [1.807, 2.05) is 6.07 Å². The van der Waals surface area contributed by atoms with Crippen LogP contribution in [-0.2, 0) is 19.0 Å². The first-order valence-corrected chi connectivity index (χ1v) is 8.69. The Morgan fingerprint density at radius 1 is 1.15 bits per heavy atom. The smallest absolute Gasteiger partial charge is 0.411 e. The summed E-state index contributed by atoms with van der Waals surface area (Å²) >= 11 is 0. The van der Waals surface area contributed by atoms with E-state index >= 15 is 0 Å². The molecule has 0 radical (unpaired) electrons. The summed E-state index contributed by atoms with van der Waals surface area (Å²) in [6.07, 6.45) is 1.45. The first kappa shape index (κ1) is 20.5. The number of amides is 1. The lowest BCUT2D eigenvalue weighted by molar-refractivity contribution is -0.146. The number of benzene rings is 1. The lowest BCUT2D eigenvalue weighted by Crippen LogP contribution is -2.50. The molecule has 27 heavy (non-hydrogen) atoms. The topological polar surface area (TPSA) is 82.1 Å². The summed E-state index contributed by atoms with van der Waals surface area (Å²) in [5.41, 5.74) is 0.467. The van der Waals surface area contributed by atoms with Gasteiger partial charge in [-0.2, -0.15) is 0 Å². The molecule has 1 aromatic carbocycles. The van der Waals surface area contributed by atoms with E-state index in [1.54, 1.807) is 51.1 Å². The molecule has 0 aromatic heterocycles. The maximum atomic E-state index is 12.5. The SMILES string of the molecule is COC(=O)[C@H]1CC=C(COC(=O)c2ccccc2)CN1C(=O)OC(C)(C)C. The molecule has 0 fully saturated rings. The van der Waals surface area contributed by atoms with E-state index in [-0.39, 0.29) is 19.6 Å². The van der Waals surface area contributed by atoms with Crippen molar-refractivity contribution in [2.75, 3.05) is 20.3 Å². The summed E-state index contributed by atoms with van der Waals surface area (Å²) in [6.45, 7) is 5.40. The van der Waals surface area contributed by atoms with E-state index < -0.39 is 29.7 Å². The molecule has 0 spiro atoms. The number of ether oxygens (including phenoxy) is 3. The molecular weight excluding hydrogens is 350 g/mol. The fraction of sp³-hybridized carbons (Fsp3) is 0.450. The normalized spacial score (nSPS) is 17.0. The van der Waals surface area contributed by atoms with Crippen LogP contribution in [0.25, 0.3) is 0 Å². The largest absolute Gasteiger partial charge is 0.467 e. The van der Waals surface area contributed by atoms with Crippen molar-refractivity contribution in [2.24, 2.45) is 0 Å². The number of hydrogen-bond acceptors (Lipinski definition) is 6. The molecule has 1 aliphatic heterocycles. The van der Waals surface area contributed by atoms with Crippen LogP contribution in [0.4, 0.5) is 4.79 Å². The van der Waals surface area contributed by atoms with E-state index in [0.29, 0.717) is 11.1 Å². The fourth-order valence-electron chi connectivity index (χ4n) is 2.59. The zero-order valence-electron chi connectivity index (χ0n) is 16.1. The number of carbonyl (C=O) groups is 3. The second-order valence-corrected chi connectivity index (χ2v) is 7.19. The Balaban J connectivity index is 2.06. The van der Waals surface area contributed by atoms with Gasteiger partial charge in [-0.05, 0) is 44.9 Å². The van der Waals surface area contributed by atoms with Gasteiger partial charge < -0.3 is 14.2 Å². The minimum absolute atomic E-state index is 0.0287. The van der Waals surface area contributed by atoms with Crippen LogP contribution >= 0.6 is 0 Å². The number of esters is 2. The molecule has 1 amide bonds. The molecule has 1 heterocycles. The molecule has 1 aromatic rings. The van der Waals surface area contributed by atoms with Gasteiger partial charge >= 0.3 is 18.0 Å². The van der Waals surface area contributed by atoms with Gasteiger partial charge in [0, 0.05) is 6.54 Å². The van der Waals surface area contributed by atoms with Crippen molar-refractivity contribution < 1.29 is 28.6 Å². The lowest BCUT2D eigenvalue weighted by Gasteiger charge is -2.34. The summed E-state index contributed by atoms with van der Waals surface area (Å²) < 4.78 is 15.5. The minimum atomic E-state index is -0.765. The van der Waals surface area contributed by atoms with Crippen LogP contribution in [-0.4, -0.2) is 54.8 Å². The van der Waals surface area contributed by atoms with E-state index in [0.717, 1.165) is 0 Å². The average molecular weight is 375 g/mol. The molecule has 2 rings (SSSR count). The zero-order chi connectivity index (χ0) is 20.0. The van der Waals surface area contributed by atoms with Crippen molar-refractivity contribution in [2.45, 2.75) is 38.8 Å². The molecule has 0 bridgehead atoms. The average Bonchev–Trinajstić information content (AvgIpc) is 2.64. The first-order valence-electron chi connectivity index (χ1n) is 8.69. The second kappa shape index (κ2) is 8.70. The van der Waals surface area contributed by atoms with Crippen LogP contribution < -0.4 is 0 Å². The number of hydrogen-bond donors (Lipinski definition) is 0. The zero-order valence-corrected chi connectivity index (χ0v) is 16.1. The number of rotatable bonds is 4. The molecule has 0 unspecified atom stereocenters. The van der Waals surface area contributed by atoms with Gasteiger partial charge in [0.05, 0.1) is 12.7 Å². The van der Waals surface area contributed by atoms with Crippen LogP contribution in [0.3, 0.4) is 0 Å². The Hall–Kier alpha value is -2.83. The first-order chi connectivity index (χ1) is 12.7. The summed E-state index contributed by atoms with van der Waals surface area (Å²) in [4.78, 5) is 37.9. The van der Waals surface area contributed by atoms with Crippen LogP contribution in [0.15, 0.2) is 42.0 Å². The molecule has 146 valence electrons. The Kier molecular flexibility index (Phi) is 6.60. The highest BCUT2D eigenvalue weighted by atomic mass is 16.6. The van der Waals surface area contributed by atoms with Crippen molar-refractivity contribution in [3.8, 4) is 0 Å². The van der Waals surface area contributed by atoms with Gasteiger partial charge in [-0.3, -0.25) is 4.90 Å². The third-order valence-electron chi connectivity index (χ3n) is 3.88. The van der Waals surface area contributed by atoms with Gasteiger partial charge in [0.25, 0.3) is 0 Å². The predicted octanol–water partition coefficient (Wildman–Crippen LogP) is 2.95. The molecule has 1 atom stereocenters. The van der Waals surface area contributed by atoms with E-state index in [2.05, 4.69) is 0 Å². The standard InChI is InChI=1S/C20H25NO6/c1-20(2,3)27-19(24)21-12-14(10-11-16(21)18(23)25-4)13-26-17(22)15-8-6-5-7-9-15/h5-10,16H,11-13H2,1-4H3/t16-/m1/s1. The third kappa shape index (κ3) is 5.84. The summed E-state index contributed by atoms with van der Waals surface area (Å²) in [6, 6.07) is 7.88. The van der Waals surface area contributed by atoms with E-state index in [4.69, 9.17) is 14.2 Å². The van der Waals surface area contributed by atoms with Crippen molar-refractivity contribution in [3.63, 3.8) is 0 Å². The van der Waals surface area contributed by atoms with E-state index in [1.165, 1.54) is 12.0 Å². The summed E-state index contributed by atoms with van der Waals surface area (Å²) in [7, 11) is 1.27. The Labute approximate surface area is 158 Å². The Morgan fingerprint density at radius 3 is 2.41 bits per heavy atom. The number of nitrogens with zero attached hydrogens (tertiary/aromatic N) is 1. The maximum absolute atomic E-state index is 12.5. The van der Waals surface area contributed by atoms with Gasteiger partial charge in [-0.15, -0.1) is 0 Å². The molecule has 0 saturated carbocycles. The van der Waals surface area contributed by atoms with Crippen LogP contribution in [0.1, 0.15) is 37.6 Å². The molecule has 0 saturated heterocycles. The van der Waals surface area contributed by atoms with Crippen molar-refractivity contribution >= 4 is 18.0 Å². The van der Waals surface area contributed by atoms with Gasteiger partial charge in [0.15, 0.2) is 0 Å². The van der Waals surface area contributed by atoms with Crippen molar-refractivity contribution in [1.29, 1.82) is 0 Å². The molecule has 0 aliphatic carbocycles. The highest BCUT2D eigenvalue weighted by Gasteiger charge is 2.36. The molecule has 7 heteroatoms. The molecular formula is C20H25NO6. The van der Waals surface area contributed by atoms with Crippen LogP contribution in [0, 0.1) is 0 Å². The summed E-state index contributed by atoms with van der Waals surface area (Å²) in [5.74, 6) is -0.965. The van der Waals surface area contributed by atoms with E-state index in [9.17, 15) is 14.4 Å². The molecule has 0 N–H and O–H groups in total. The molecule has 7 nitrogen and oxygen atoms in total. The quantitative estimate of drug-likeness (QED) is 0.457. The van der Waals surface area contributed by atoms with Crippen LogP contribution in [0.5, 0.6) is 0 Å². The third-order valence-corrected chi connectivity index (χ3v) is 3.88. The summed E-state index contributed by atoms with van der Waals surface area (Å²) in [5, 5.41) is 0. The fourth-order valence-corrected chi connectivity index (χ4v) is 2.59. The number of methoxy groups -OCH3 is 1. The van der Waals surface area contributed by atoms with Gasteiger partial charge in [-0.1, -0.05) is 24.3 Å². The van der Waals surface area contributed by atoms with Crippen molar-refractivity contribution in [3.05, 3.63) is 47.5 Å². The lowest BCUT2D eigenvalue weighted by atomic mass is 10.0. The van der Waals surface area contributed by atoms with Gasteiger partial charge in [0.2, 0.25) is 0 Å². The minimum Gasteiger partial charge on any atom is -0.467 e. The number of carbonyl (C=O) groups excluding carboxylic acids is 3. The monoisotopic (exact) mass is 375 g/mol. The highest BCUT2D eigenvalue weighted by molar-refractivity contribution is 5.89. The maximum Gasteiger partial charge on any atom is 0.411 e.